The van der Waals surface area contributed by atoms with Gasteiger partial charge in [0.05, 0.1) is 23.9 Å². The molecule has 3 rings (SSSR count). The zero-order valence-electron chi connectivity index (χ0n) is 13.5. The van der Waals surface area contributed by atoms with E-state index in [1.54, 1.807) is 12.1 Å². The molecule has 1 aliphatic heterocycles. The predicted octanol–water partition coefficient (Wildman–Crippen LogP) is 2.94. The highest BCUT2D eigenvalue weighted by Crippen LogP contribution is 2.25. The second-order valence-corrected chi connectivity index (χ2v) is 5.76. The highest BCUT2D eigenvalue weighted by Gasteiger charge is 2.16. The van der Waals surface area contributed by atoms with Crippen molar-refractivity contribution in [1.82, 2.24) is 0 Å². The molecule has 2 heterocycles. The van der Waals surface area contributed by atoms with E-state index in [1.807, 2.05) is 18.2 Å². The third-order valence-corrected chi connectivity index (χ3v) is 3.95. The van der Waals surface area contributed by atoms with Crippen molar-refractivity contribution in [3.63, 3.8) is 0 Å². The number of hydrogen-bond acceptors (Lipinski definition) is 5. The van der Waals surface area contributed by atoms with Gasteiger partial charge in [-0.15, -0.1) is 0 Å². The number of benzene rings is 1. The van der Waals surface area contributed by atoms with E-state index in [0.717, 1.165) is 25.9 Å². The molecular weight excluding hydrogens is 308 g/mol. The first kappa shape index (κ1) is 16.5. The van der Waals surface area contributed by atoms with Crippen molar-refractivity contribution >= 4 is 11.6 Å². The van der Waals surface area contributed by atoms with Gasteiger partial charge in [0.15, 0.2) is 0 Å². The molecule has 2 aromatic rings. The minimum atomic E-state index is -0.261. The lowest BCUT2D eigenvalue weighted by molar-refractivity contribution is -0.0109. The summed E-state index contributed by atoms with van der Waals surface area (Å²) in [7, 11) is 0. The van der Waals surface area contributed by atoms with E-state index in [0.29, 0.717) is 29.4 Å². The van der Waals surface area contributed by atoms with E-state index in [4.69, 9.17) is 19.6 Å². The molecule has 1 saturated heterocycles. The van der Waals surface area contributed by atoms with Gasteiger partial charge < -0.3 is 24.9 Å². The number of carbonyl (C=O) groups is 1. The Morgan fingerprint density at radius 1 is 1.33 bits per heavy atom. The first-order valence-corrected chi connectivity index (χ1v) is 8.18. The molecule has 24 heavy (non-hydrogen) atoms. The first-order chi connectivity index (χ1) is 11.8. The van der Waals surface area contributed by atoms with Gasteiger partial charge in [-0.05, 0) is 37.5 Å². The van der Waals surface area contributed by atoms with Crippen molar-refractivity contribution < 1.29 is 18.7 Å². The molecule has 1 aromatic carbocycles. The molecule has 0 spiro atoms. The van der Waals surface area contributed by atoms with E-state index >= 15 is 0 Å². The predicted molar refractivity (Wildman–Crippen MR) is 90.1 cm³/mol. The number of furan rings is 1. The van der Waals surface area contributed by atoms with Crippen LogP contribution in [0, 0.1) is 0 Å². The molecule has 1 aromatic heterocycles. The van der Waals surface area contributed by atoms with Crippen LogP contribution in [0.1, 0.15) is 35.4 Å². The molecule has 6 nitrogen and oxygen atoms in total. The maximum absolute atomic E-state index is 12.3. The van der Waals surface area contributed by atoms with Gasteiger partial charge >= 0.3 is 0 Å². The lowest BCUT2D eigenvalue weighted by atomic mass is 10.1. The molecule has 128 valence electrons. The van der Waals surface area contributed by atoms with Gasteiger partial charge in [-0.3, -0.25) is 4.79 Å². The molecular formula is C18H22N2O4. The Morgan fingerprint density at radius 2 is 2.21 bits per heavy atom. The number of anilines is 1. The van der Waals surface area contributed by atoms with Crippen LogP contribution in [0.2, 0.25) is 0 Å². The number of nitrogens with two attached hydrogens (primary N) is 1. The molecule has 0 saturated carbocycles. The zero-order valence-corrected chi connectivity index (χ0v) is 13.5. The highest BCUT2D eigenvalue weighted by molar-refractivity contribution is 6.04. The monoisotopic (exact) mass is 330 g/mol. The Kier molecular flexibility index (Phi) is 5.51. The number of carbonyl (C=O) groups excluding carboxylic acids is 1. The van der Waals surface area contributed by atoms with Crippen LogP contribution < -0.4 is 15.8 Å². The summed E-state index contributed by atoms with van der Waals surface area (Å²) in [6.07, 6.45) is 4.79. The molecule has 1 atom stereocenters. The number of rotatable bonds is 6. The fraction of sp³-hybridized carbons (Fsp3) is 0.389. The highest BCUT2D eigenvalue weighted by atomic mass is 16.5. The molecule has 1 aliphatic rings. The zero-order chi connectivity index (χ0) is 16.8. The average molecular weight is 330 g/mol. The van der Waals surface area contributed by atoms with Crippen molar-refractivity contribution in [3.8, 4) is 5.75 Å². The van der Waals surface area contributed by atoms with Gasteiger partial charge in [-0.1, -0.05) is 12.1 Å². The first-order valence-electron chi connectivity index (χ1n) is 8.18. The quantitative estimate of drug-likeness (QED) is 0.850. The number of nitrogens with one attached hydrogen (secondary N) is 1. The van der Waals surface area contributed by atoms with Gasteiger partial charge in [-0.25, -0.2) is 0 Å². The lowest BCUT2D eigenvalue weighted by Crippen LogP contribution is -2.26. The summed E-state index contributed by atoms with van der Waals surface area (Å²) in [5.74, 6) is 0.935. The van der Waals surface area contributed by atoms with Gasteiger partial charge in [0.25, 0.3) is 5.91 Å². The Morgan fingerprint density at radius 3 is 2.96 bits per heavy atom. The third kappa shape index (κ3) is 4.15. The van der Waals surface area contributed by atoms with Crippen molar-refractivity contribution in [3.05, 3.63) is 47.9 Å². The van der Waals surface area contributed by atoms with E-state index in [2.05, 4.69) is 5.32 Å². The fourth-order valence-electron chi connectivity index (χ4n) is 2.62. The molecule has 6 heteroatoms. The third-order valence-electron chi connectivity index (χ3n) is 3.95. The minimum absolute atomic E-state index is 0.114. The standard InChI is InChI=1S/C18H22N2O4/c19-10-15-9-13(11-23-15)18(21)20-16-6-1-2-7-17(16)24-12-14-5-3-4-8-22-14/h1-2,6-7,9,11,14H,3-5,8,10,12,19H2,(H,20,21). The van der Waals surface area contributed by atoms with Crippen LogP contribution in [0.3, 0.4) is 0 Å². The van der Waals surface area contributed by atoms with Gasteiger partial charge in [0, 0.05) is 6.61 Å². The van der Waals surface area contributed by atoms with Crippen LogP contribution in [0.5, 0.6) is 5.75 Å². The van der Waals surface area contributed by atoms with Crippen LogP contribution in [0.4, 0.5) is 5.69 Å². The summed E-state index contributed by atoms with van der Waals surface area (Å²) in [5.41, 5.74) is 6.54. The van der Waals surface area contributed by atoms with Crippen molar-refractivity contribution in [2.24, 2.45) is 5.73 Å². The Hall–Kier alpha value is -2.31. The fourth-order valence-corrected chi connectivity index (χ4v) is 2.62. The summed E-state index contributed by atoms with van der Waals surface area (Å²) in [4.78, 5) is 12.3. The number of amides is 1. The minimum Gasteiger partial charge on any atom is -0.489 e. The van der Waals surface area contributed by atoms with Crippen molar-refractivity contribution in [1.29, 1.82) is 0 Å². The van der Waals surface area contributed by atoms with Crippen LogP contribution in [-0.4, -0.2) is 25.2 Å². The molecule has 0 bridgehead atoms. The average Bonchev–Trinajstić information content (AvgIpc) is 3.11. The smallest absolute Gasteiger partial charge is 0.259 e. The maximum atomic E-state index is 12.3. The summed E-state index contributed by atoms with van der Waals surface area (Å²) in [6.45, 7) is 1.53. The normalized spacial score (nSPS) is 17.5. The Bertz CT molecular complexity index is 677. The lowest BCUT2D eigenvalue weighted by Gasteiger charge is -2.23. The molecule has 0 radical (unpaired) electrons. The molecule has 1 unspecified atom stereocenters. The topological polar surface area (TPSA) is 86.7 Å². The van der Waals surface area contributed by atoms with E-state index in [-0.39, 0.29) is 18.6 Å². The maximum Gasteiger partial charge on any atom is 0.259 e. The number of hydrogen-bond donors (Lipinski definition) is 2. The van der Waals surface area contributed by atoms with Crippen molar-refractivity contribution in [2.45, 2.75) is 31.9 Å². The van der Waals surface area contributed by atoms with Crippen LogP contribution in [0.15, 0.2) is 41.0 Å². The summed E-state index contributed by atoms with van der Waals surface area (Å²) in [6, 6.07) is 8.99. The van der Waals surface area contributed by atoms with Gasteiger partial charge in [0.1, 0.15) is 24.4 Å². The number of para-hydroxylation sites is 2. The summed E-state index contributed by atoms with van der Waals surface area (Å²) in [5, 5.41) is 2.85. The molecule has 1 fully saturated rings. The summed E-state index contributed by atoms with van der Waals surface area (Å²) >= 11 is 0. The van der Waals surface area contributed by atoms with Gasteiger partial charge in [-0.2, -0.15) is 0 Å². The second-order valence-electron chi connectivity index (χ2n) is 5.76. The summed E-state index contributed by atoms with van der Waals surface area (Å²) < 4.78 is 16.7. The van der Waals surface area contributed by atoms with Crippen LogP contribution in [-0.2, 0) is 11.3 Å². The molecule has 1 amide bonds. The number of ether oxygens (including phenoxy) is 2. The molecule has 3 N–H and O–H groups in total. The Balaban J connectivity index is 1.63. The molecule has 0 aliphatic carbocycles. The van der Waals surface area contributed by atoms with Crippen LogP contribution in [0.25, 0.3) is 0 Å². The van der Waals surface area contributed by atoms with E-state index in [1.165, 1.54) is 6.26 Å². The van der Waals surface area contributed by atoms with E-state index in [9.17, 15) is 4.79 Å². The van der Waals surface area contributed by atoms with Crippen LogP contribution >= 0.6 is 0 Å². The van der Waals surface area contributed by atoms with Gasteiger partial charge in [0.2, 0.25) is 0 Å². The largest absolute Gasteiger partial charge is 0.489 e. The van der Waals surface area contributed by atoms with E-state index < -0.39 is 0 Å². The van der Waals surface area contributed by atoms with Crippen molar-refractivity contribution in [2.75, 3.05) is 18.5 Å². The SMILES string of the molecule is NCc1cc(C(=O)Nc2ccccc2OCC2CCCCO2)co1. The second kappa shape index (κ2) is 7.99. The Labute approximate surface area is 140 Å².